The Balaban J connectivity index is 1.78. The number of aliphatic hydroxyl groups is 5. The van der Waals surface area contributed by atoms with E-state index in [-0.39, 0.29) is 12.4 Å². The number of nitrogens with two attached hydrogens (primary N) is 1. The molecule has 2 aliphatic heterocycles. The number of likely N-dealkylation sites (N-methyl/N-ethyl adjacent to an activating group) is 1. The van der Waals surface area contributed by atoms with E-state index in [1.165, 1.54) is 13.1 Å². The maximum atomic E-state index is 12.9. The number of anilines is 1. The van der Waals surface area contributed by atoms with Gasteiger partial charge in [-0.25, -0.2) is 18.7 Å². The van der Waals surface area contributed by atoms with Gasteiger partial charge in [0.25, 0.3) is 5.79 Å². The molecule has 3 rings (SSSR count). The van der Waals surface area contributed by atoms with Gasteiger partial charge in [0.2, 0.25) is 5.91 Å². The first-order valence-corrected chi connectivity index (χ1v) is 13.9. The number of nitrogens with zero attached hydrogens (tertiary/aromatic N) is 2. The molecule has 11 N–H and O–H groups in total. The SMILES string of the molecule is CNCC(=O)NC1C(O)CC(OP(=O)(O)OCC2O[C@@H](n3ccc(N)nc3=O)[C@H](O)[C@@H]2O)(C(=O)O)OC1C(O)C(C)O. The van der Waals surface area contributed by atoms with E-state index in [1.807, 2.05) is 0 Å². The van der Waals surface area contributed by atoms with Crippen molar-refractivity contribution < 1.29 is 68.2 Å². The highest BCUT2D eigenvalue weighted by Gasteiger charge is 2.58. The highest BCUT2D eigenvalue weighted by atomic mass is 31.2. The summed E-state index contributed by atoms with van der Waals surface area (Å²) in [5.41, 5.74) is 4.49. The van der Waals surface area contributed by atoms with Crippen LogP contribution < -0.4 is 22.1 Å². The topological polar surface area (TPSA) is 315 Å². The number of carboxylic acids is 1. The van der Waals surface area contributed by atoms with Crippen LogP contribution in [-0.4, -0.2) is 132 Å². The number of carboxylic acid groups (broad SMARTS) is 1. The lowest BCUT2D eigenvalue weighted by Crippen LogP contribution is -2.67. The Labute approximate surface area is 237 Å². The Morgan fingerprint density at radius 1 is 1.31 bits per heavy atom. The molecule has 20 nitrogen and oxygen atoms in total. The molecule has 0 radical (unpaired) electrons. The lowest BCUT2D eigenvalue weighted by molar-refractivity contribution is -0.287. The fourth-order valence-corrected chi connectivity index (χ4v) is 5.38. The van der Waals surface area contributed by atoms with Gasteiger partial charge in [0.15, 0.2) is 6.23 Å². The van der Waals surface area contributed by atoms with E-state index in [4.69, 9.17) is 24.3 Å². The number of aliphatic hydroxyl groups excluding tert-OH is 5. The smallest absolute Gasteiger partial charge is 0.475 e. The van der Waals surface area contributed by atoms with Crippen molar-refractivity contribution in [3.63, 3.8) is 0 Å². The Hall–Kier alpha value is -2.59. The fraction of sp³-hybridized carbons (Fsp3) is 0.714. The number of ether oxygens (including phenoxy) is 2. The highest BCUT2D eigenvalue weighted by molar-refractivity contribution is 7.47. The number of amides is 1. The van der Waals surface area contributed by atoms with Crippen LogP contribution >= 0.6 is 7.82 Å². The molecular weight excluding hydrogens is 593 g/mol. The van der Waals surface area contributed by atoms with E-state index in [2.05, 4.69) is 15.6 Å². The first-order valence-electron chi connectivity index (χ1n) is 12.5. The summed E-state index contributed by atoms with van der Waals surface area (Å²) in [6.45, 7) is -0.122. The number of hydrogen-bond donors (Lipinski definition) is 10. The zero-order chi connectivity index (χ0) is 31.6. The standard InChI is InChI=1S/C21H34N5O15P/c1-8(27)14(30)17-13(25-12(29)6-23-2)9(28)5-21(40-17,19(33)34)41-42(36,37)38-7-10-15(31)16(32)18(39-10)26-4-3-11(22)24-20(26)35/h3-4,8-10,13-18,23,27-28,30-32H,5-7H2,1-2H3,(H,25,29)(H,33,34)(H,36,37)(H2,22,24,35)/t8?,9?,10?,13?,14?,15-,16-,17?,18-,21?/m1/s1. The highest BCUT2D eigenvalue weighted by Crippen LogP contribution is 2.51. The van der Waals surface area contributed by atoms with Gasteiger partial charge in [0.05, 0.1) is 31.4 Å². The van der Waals surface area contributed by atoms with Crippen LogP contribution in [0.1, 0.15) is 19.6 Å². The minimum absolute atomic E-state index is 0.125. The third-order valence-electron chi connectivity index (χ3n) is 6.52. The number of carbonyl (C=O) groups excluding carboxylic acids is 1. The molecule has 2 aliphatic rings. The molecule has 3 heterocycles. The number of rotatable bonds is 12. The average Bonchev–Trinajstić information content (AvgIpc) is 3.17. The van der Waals surface area contributed by atoms with Crippen LogP contribution in [0.25, 0.3) is 0 Å². The van der Waals surface area contributed by atoms with E-state index in [0.29, 0.717) is 0 Å². The van der Waals surface area contributed by atoms with Gasteiger partial charge in [-0.15, -0.1) is 0 Å². The number of phosphoric acid groups is 1. The molecule has 1 amide bonds. The van der Waals surface area contributed by atoms with Crippen molar-refractivity contribution in [1.82, 2.24) is 20.2 Å². The molecule has 2 fully saturated rings. The Kier molecular flexibility index (Phi) is 10.8. The van der Waals surface area contributed by atoms with E-state index < -0.39 is 99.2 Å². The number of aromatic nitrogens is 2. The van der Waals surface area contributed by atoms with Gasteiger partial charge in [0.1, 0.15) is 36.3 Å². The second kappa shape index (κ2) is 13.4. The van der Waals surface area contributed by atoms with Crippen molar-refractivity contribution in [1.29, 1.82) is 0 Å². The molecule has 42 heavy (non-hydrogen) atoms. The molecule has 0 bridgehead atoms. The van der Waals surface area contributed by atoms with Crippen molar-refractivity contribution >= 4 is 25.5 Å². The molecule has 0 aromatic carbocycles. The molecule has 2 saturated heterocycles. The van der Waals surface area contributed by atoms with Crippen LogP contribution in [0, 0.1) is 0 Å². The van der Waals surface area contributed by atoms with Gasteiger partial charge in [-0.3, -0.25) is 13.9 Å². The first-order chi connectivity index (χ1) is 19.5. The molecular formula is C21H34N5O15P. The molecule has 1 aromatic heterocycles. The summed E-state index contributed by atoms with van der Waals surface area (Å²) in [7, 11) is -4.03. The van der Waals surface area contributed by atoms with Crippen LogP contribution in [0.15, 0.2) is 17.1 Å². The van der Waals surface area contributed by atoms with E-state index in [0.717, 1.165) is 17.7 Å². The quantitative estimate of drug-likeness (QED) is 0.0969. The zero-order valence-electron chi connectivity index (χ0n) is 22.3. The largest absolute Gasteiger partial charge is 0.477 e. The second-order valence-electron chi connectivity index (χ2n) is 9.71. The fourth-order valence-electron chi connectivity index (χ4n) is 4.43. The van der Waals surface area contributed by atoms with Gasteiger partial charge in [0, 0.05) is 12.6 Å². The molecule has 238 valence electrons. The van der Waals surface area contributed by atoms with E-state index in [1.54, 1.807) is 0 Å². The minimum atomic E-state index is -5.48. The number of nitrogens with one attached hydrogen (secondary N) is 2. The summed E-state index contributed by atoms with van der Waals surface area (Å²) >= 11 is 0. The lowest BCUT2D eigenvalue weighted by atomic mass is 9.89. The van der Waals surface area contributed by atoms with Gasteiger partial charge < -0.3 is 61.4 Å². The predicted molar refractivity (Wildman–Crippen MR) is 135 cm³/mol. The number of hydrogen-bond acceptors (Lipinski definition) is 16. The normalized spacial score (nSPS) is 34.3. The third-order valence-corrected chi connectivity index (χ3v) is 7.52. The van der Waals surface area contributed by atoms with Gasteiger partial charge in [-0.1, -0.05) is 0 Å². The lowest BCUT2D eigenvalue weighted by Gasteiger charge is -2.46. The predicted octanol–water partition coefficient (Wildman–Crippen LogP) is -5.05. The summed E-state index contributed by atoms with van der Waals surface area (Å²) in [6.07, 6.45) is -13.7. The number of aliphatic carboxylic acids is 1. The summed E-state index contributed by atoms with van der Waals surface area (Å²) < 4.78 is 34.0. The second-order valence-corrected chi connectivity index (χ2v) is 11.1. The molecule has 0 saturated carbocycles. The maximum absolute atomic E-state index is 12.9. The summed E-state index contributed by atoms with van der Waals surface area (Å²) in [5, 5.41) is 66.6. The summed E-state index contributed by atoms with van der Waals surface area (Å²) in [4.78, 5) is 50.3. The third kappa shape index (κ3) is 7.48. The van der Waals surface area contributed by atoms with Crippen molar-refractivity contribution in [3.05, 3.63) is 22.7 Å². The van der Waals surface area contributed by atoms with Crippen molar-refractivity contribution in [2.24, 2.45) is 0 Å². The molecule has 11 atom stereocenters. The molecule has 1 aromatic rings. The summed E-state index contributed by atoms with van der Waals surface area (Å²) in [5.74, 6) is -6.00. The zero-order valence-corrected chi connectivity index (χ0v) is 23.2. The Bertz CT molecular complexity index is 1230. The van der Waals surface area contributed by atoms with Crippen LogP contribution in [0.4, 0.5) is 5.82 Å². The van der Waals surface area contributed by atoms with Crippen molar-refractivity contribution in [2.45, 2.75) is 74.1 Å². The Morgan fingerprint density at radius 2 is 1.98 bits per heavy atom. The van der Waals surface area contributed by atoms with Crippen LogP contribution in [0.3, 0.4) is 0 Å². The van der Waals surface area contributed by atoms with Crippen molar-refractivity contribution in [3.8, 4) is 0 Å². The summed E-state index contributed by atoms with van der Waals surface area (Å²) in [6, 6.07) is -0.275. The van der Waals surface area contributed by atoms with Gasteiger partial charge in [-0.2, -0.15) is 4.98 Å². The van der Waals surface area contributed by atoms with Gasteiger partial charge >= 0.3 is 19.5 Å². The Morgan fingerprint density at radius 3 is 2.55 bits per heavy atom. The molecule has 21 heteroatoms. The van der Waals surface area contributed by atoms with E-state index in [9.17, 15) is 54.5 Å². The number of carbonyl (C=O) groups is 2. The average molecular weight is 627 g/mol. The van der Waals surface area contributed by atoms with Crippen molar-refractivity contribution in [2.75, 3.05) is 25.9 Å². The van der Waals surface area contributed by atoms with Crippen LogP contribution in [0.5, 0.6) is 0 Å². The van der Waals surface area contributed by atoms with Crippen LogP contribution in [-0.2, 0) is 32.7 Å². The van der Waals surface area contributed by atoms with Crippen LogP contribution in [0.2, 0.25) is 0 Å². The van der Waals surface area contributed by atoms with Gasteiger partial charge in [-0.05, 0) is 20.0 Å². The minimum Gasteiger partial charge on any atom is -0.477 e. The monoisotopic (exact) mass is 627 g/mol. The van der Waals surface area contributed by atoms with E-state index >= 15 is 0 Å². The molecule has 0 spiro atoms. The molecule has 0 aliphatic carbocycles. The maximum Gasteiger partial charge on any atom is 0.475 e. The number of nitrogen functional groups attached to an aromatic ring is 1. The molecule has 8 unspecified atom stereocenters. The number of phosphoric ester groups is 1. The first kappa shape index (κ1) is 33.9.